The SMILES string of the molecule is Cc1ccc(C)c(C(N)c2cc(Cl)cc(Br)c2)c1. The summed E-state index contributed by atoms with van der Waals surface area (Å²) in [6, 6.07) is 12.0. The molecule has 0 aliphatic rings. The van der Waals surface area contributed by atoms with Gasteiger partial charge in [0, 0.05) is 9.50 Å². The van der Waals surface area contributed by atoms with Crippen LogP contribution in [0.3, 0.4) is 0 Å². The third-order valence-corrected chi connectivity index (χ3v) is 3.69. The maximum atomic E-state index is 6.34. The fourth-order valence-electron chi connectivity index (χ4n) is 2.03. The van der Waals surface area contributed by atoms with Gasteiger partial charge in [-0.05, 0) is 48.7 Å². The maximum Gasteiger partial charge on any atom is 0.0555 e. The van der Waals surface area contributed by atoms with Gasteiger partial charge in [-0.1, -0.05) is 51.3 Å². The summed E-state index contributed by atoms with van der Waals surface area (Å²) in [4.78, 5) is 0. The summed E-state index contributed by atoms with van der Waals surface area (Å²) in [6.45, 7) is 4.15. The Morgan fingerprint density at radius 3 is 2.50 bits per heavy atom. The van der Waals surface area contributed by atoms with Gasteiger partial charge >= 0.3 is 0 Å². The van der Waals surface area contributed by atoms with Crippen molar-refractivity contribution in [2.75, 3.05) is 0 Å². The second kappa shape index (κ2) is 5.43. The Morgan fingerprint density at radius 1 is 1.11 bits per heavy atom. The third kappa shape index (κ3) is 2.94. The Balaban J connectivity index is 2.47. The van der Waals surface area contributed by atoms with Gasteiger partial charge in [-0.25, -0.2) is 0 Å². The monoisotopic (exact) mass is 323 g/mol. The first kappa shape index (κ1) is 13.6. The number of nitrogens with two attached hydrogens (primary N) is 1. The second-order valence-corrected chi connectivity index (χ2v) is 5.89. The van der Waals surface area contributed by atoms with E-state index in [1.807, 2.05) is 18.2 Å². The molecule has 2 aromatic carbocycles. The highest BCUT2D eigenvalue weighted by Crippen LogP contribution is 2.28. The summed E-state index contributed by atoms with van der Waals surface area (Å²) in [7, 11) is 0. The van der Waals surface area contributed by atoms with Crippen LogP contribution < -0.4 is 5.73 Å². The number of halogens is 2. The highest BCUT2D eigenvalue weighted by molar-refractivity contribution is 9.10. The molecule has 1 nitrogen and oxygen atoms in total. The van der Waals surface area contributed by atoms with E-state index in [0.29, 0.717) is 5.02 Å². The fourth-order valence-corrected chi connectivity index (χ4v) is 2.92. The molecule has 0 heterocycles. The summed E-state index contributed by atoms with van der Waals surface area (Å²) in [5, 5.41) is 0.695. The highest BCUT2D eigenvalue weighted by atomic mass is 79.9. The largest absolute Gasteiger partial charge is 0.320 e. The minimum absolute atomic E-state index is 0.153. The summed E-state index contributed by atoms with van der Waals surface area (Å²) < 4.78 is 0.950. The number of hydrogen-bond donors (Lipinski definition) is 1. The van der Waals surface area contributed by atoms with Gasteiger partial charge < -0.3 is 5.73 Å². The Labute approximate surface area is 121 Å². The van der Waals surface area contributed by atoms with Gasteiger partial charge in [-0.15, -0.1) is 0 Å². The molecular weight excluding hydrogens is 310 g/mol. The Kier molecular flexibility index (Phi) is 4.10. The molecule has 1 atom stereocenters. The average Bonchev–Trinajstić information content (AvgIpc) is 2.30. The minimum Gasteiger partial charge on any atom is -0.320 e. The molecule has 0 saturated heterocycles. The van der Waals surface area contributed by atoms with Crippen LogP contribution in [-0.4, -0.2) is 0 Å². The van der Waals surface area contributed by atoms with Crippen LogP contribution in [0.1, 0.15) is 28.3 Å². The van der Waals surface area contributed by atoms with E-state index in [1.165, 1.54) is 11.1 Å². The summed E-state index contributed by atoms with van der Waals surface area (Å²) >= 11 is 9.51. The van der Waals surface area contributed by atoms with Gasteiger partial charge in [0.1, 0.15) is 0 Å². The van der Waals surface area contributed by atoms with E-state index in [9.17, 15) is 0 Å². The Bertz CT molecular complexity index is 560. The van der Waals surface area contributed by atoms with Crippen molar-refractivity contribution in [1.29, 1.82) is 0 Å². The van der Waals surface area contributed by atoms with Gasteiger partial charge in [0.15, 0.2) is 0 Å². The number of aryl methyl sites for hydroxylation is 2. The molecule has 0 aromatic heterocycles. The topological polar surface area (TPSA) is 26.0 Å². The van der Waals surface area contributed by atoms with Crippen molar-refractivity contribution in [3.05, 3.63) is 68.1 Å². The molecule has 0 aliphatic carbocycles. The molecule has 0 aliphatic heterocycles. The van der Waals surface area contributed by atoms with Gasteiger partial charge in [0.05, 0.1) is 6.04 Å². The minimum atomic E-state index is -0.153. The van der Waals surface area contributed by atoms with Crippen LogP contribution in [0.5, 0.6) is 0 Å². The summed E-state index contributed by atoms with van der Waals surface area (Å²) in [5.41, 5.74) is 10.9. The van der Waals surface area contributed by atoms with E-state index in [4.69, 9.17) is 17.3 Å². The quantitative estimate of drug-likeness (QED) is 0.846. The van der Waals surface area contributed by atoms with E-state index >= 15 is 0 Å². The molecule has 3 heteroatoms. The number of hydrogen-bond acceptors (Lipinski definition) is 1. The van der Waals surface area contributed by atoms with E-state index in [1.54, 1.807) is 0 Å². The van der Waals surface area contributed by atoms with Crippen molar-refractivity contribution in [3.8, 4) is 0 Å². The molecule has 0 saturated carbocycles. The molecule has 0 amide bonds. The standard InChI is InChI=1S/C15H15BrClN/c1-9-3-4-10(2)14(5-9)15(18)11-6-12(16)8-13(17)7-11/h3-8,15H,18H2,1-2H3. The number of benzene rings is 2. The Hall–Kier alpha value is -0.830. The van der Waals surface area contributed by atoms with Crippen LogP contribution in [0.25, 0.3) is 0 Å². The zero-order valence-corrected chi connectivity index (χ0v) is 12.7. The van der Waals surface area contributed by atoms with Crippen LogP contribution in [0.2, 0.25) is 5.02 Å². The second-order valence-electron chi connectivity index (χ2n) is 4.54. The fraction of sp³-hybridized carbons (Fsp3) is 0.200. The zero-order valence-electron chi connectivity index (χ0n) is 10.4. The van der Waals surface area contributed by atoms with Crippen LogP contribution in [0.4, 0.5) is 0 Å². The van der Waals surface area contributed by atoms with Gasteiger partial charge in [-0.3, -0.25) is 0 Å². The third-order valence-electron chi connectivity index (χ3n) is 3.01. The molecule has 0 spiro atoms. The van der Waals surface area contributed by atoms with Crippen molar-refractivity contribution in [2.24, 2.45) is 5.73 Å². The molecule has 0 radical (unpaired) electrons. The molecule has 0 fully saturated rings. The van der Waals surface area contributed by atoms with Crippen molar-refractivity contribution in [1.82, 2.24) is 0 Å². The molecule has 1 unspecified atom stereocenters. The molecule has 18 heavy (non-hydrogen) atoms. The lowest BCUT2D eigenvalue weighted by Crippen LogP contribution is -2.13. The van der Waals surface area contributed by atoms with Crippen molar-refractivity contribution < 1.29 is 0 Å². The molecule has 94 valence electrons. The van der Waals surface area contributed by atoms with E-state index < -0.39 is 0 Å². The zero-order chi connectivity index (χ0) is 13.3. The first-order chi connectivity index (χ1) is 8.47. The molecule has 2 aromatic rings. The molecular formula is C15H15BrClN. The van der Waals surface area contributed by atoms with Gasteiger partial charge in [0.25, 0.3) is 0 Å². The molecule has 2 N–H and O–H groups in total. The van der Waals surface area contributed by atoms with Crippen molar-refractivity contribution in [3.63, 3.8) is 0 Å². The molecule has 0 bridgehead atoms. The van der Waals surface area contributed by atoms with Crippen LogP contribution in [0, 0.1) is 13.8 Å². The lowest BCUT2D eigenvalue weighted by molar-refractivity contribution is 0.859. The predicted molar refractivity (Wildman–Crippen MR) is 81.1 cm³/mol. The highest BCUT2D eigenvalue weighted by Gasteiger charge is 2.12. The lowest BCUT2D eigenvalue weighted by Gasteiger charge is -2.16. The Morgan fingerprint density at radius 2 is 1.83 bits per heavy atom. The smallest absolute Gasteiger partial charge is 0.0555 e. The first-order valence-electron chi connectivity index (χ1n) is 5.76. The van der Waals surface area contributed by atoms with Gasteiger partial charge in [0.2, 0.25) is 0 Å². The van der Waals surface area contributed by atoms with Gasteiger partial charge in [-0.2, -0.15) is 0 Å². The predicted octanol–water partition coefficient (Wildman–Crippen LogP) is 4.77. The summed E-state index contributed by atoms with van der Waals surface area (Å²) in [5.74, 6) is 0. The summed E-state index contributed by atoms with van der Waals surface area (Å²) in [6.07, 6.45) is 0. The average molecular weight is 325 g/mol. The number of rotatable bonds is 2. The molecule has 2 rings (SSSR count). The van der Waals surface area contributed by atoms with E-state index in [2.05, 4.69) is 48.0 Å². The van der Waals surface area contributed by atoms with E-state index in [-0.39, 0.29) is 6.04 Å². The first-order valence-corrected chi connectivity index (χ1v) is 6.93. The lowest BCUT2D eigenvalue weighted by atomic mass is 9.94. The van der Waals surface area contributed by atoms with Crippen LogP contribution >= 0.6 is 27.5 Å². The van der Waals surface area contributed by atoms with E-state index in [0.717, 1.165) is 15.6 Å². The van der Waals surface area contributed by atoms with Crippen LogP contribution in [0.15, 0.2) is 40.9 Å². The normalized spacial score (nSPS) is 12.5. The van der Waals surface area contributed by atoms with Crippen LogP contribution in [-0.2, 0) is 0 Å². The van der Waals surface area contributed by atoms with Crippen molar-refractivity contribution in [2.45, 2.75) is 19.9 Å². The van der Waals surface area contributed by atoms with Crippen molar-refractivity contribution >= 4 is 27.5 Å². The maximum absolute atomic E-state index is 6.34.